The van der Waals surface area contributed by atoms with Gasteiger partial charge in [-0.1, -0.05) is 43.7 Å². The average Bonchev–Trinajstić information content (AvgIpc) is 1.61. The Kier molecular flexibility index (Phi) is 20.5. The summed E-state index contributed by atoms with van der Waals surface area (Å²) in [6.45, 7) is 0.660. The van der Waals surface area contributed by atoms with Crippen LogP contribution in [0.3, 0.4) is 0 Å². The van der Waals surface area contributed by atoms with Crippen LogP contribution in [0.25, 0.3) is 22.3 Å². The molecule has 9 N–H and O–H groups in total. The lowest BCUT2D eigenvalue weighted by Crippen LogP contribution is -2.52. The van der Waals surface area contributed by atoms with Crippen molar-refractivity contribution in [1.29, 1.82) is 0 Å². The summed E-state index contributed by atoms with van der Waals surface area (Å²) in [5, 5.41) is 39.6. The van der Waals surface area contributed by atoms with Crippen molar-refractivity contribution in [3.63, 3.8) is 0 Å². The summed E-state index contributed by atoms with van der Waals surface area (Å²) in [5.74, 6) is -7.56. The van der Waals surface area contributed by atoms with Crippen LogP contribution in [0.5, 0.6) is 0 Å². The topological polar surface area (TPSA) is 363 Å². The first-order valence-electron chi connectivity index (χ1n) is 28.4. The molecule has 4 aliphatic rings. The maximum Gasteiger partial charge on any atom is 0.343 e. The minimum absolute atomic E-state index is 0.00605. The molecule has 27 heteroatoms. The number of carbonyl (C=O) groups excluding carboxylic acids is 10. The molecule has 9 amide bonds. The highest BCUT2D eigenvalue weighted by molar-refractivity contribution is 6.12. The zero-order chi connectivity index (χ0) is 61.8. The van der Waals surface area contributed by atoms with E-state index in [-0.39, 0.29) is 106 Å². The number of nitrogens with one attached hydrogen (secondary N) is 7. The number of carboxylic acid groups (broad SMARTS) is 1. The molecule has 0 unspecified atom stereocenters. The summed E-state index contributed by atoms with van der Waals surface area (Å²) in [7, 11) is 0. The lowest BCUT2D eigenvalue weighted by Gasteiger charge is -2.31. The zero-order valence-electron chi connectivity index (χ0n) is 47.6. The van der Waals surface area contributed by atoms with E-state index in [1.54, 1.807) is 50.2 Å². The number of halogens is 1. The van der Waals surface area contributed by atoms with E-state index in [1.807, 2.05) is 0 Å². The van der Waals surface area contributed by atoms with Gasteiger partial charge in [-0.15, -0.1) is 0 Å². The molecule has 2 aromatic heterocycles. The number of amides is 9. The SMILES string of the molecule is CC[C@@]1(O)C(=O)OCc2c1cc1n(c2=O)Cc2c-1nc1cc(F)c(C)c3c1c2[C@@H](NC(=O)CCCNC(=O)CNC(=O)[C@H](Cc1ccccc1)NC(=O)CNC(=O)CNC(=O)CN(CCNC(=O)CCCCCN1C(=O)C=CC1=O)CC(=O)O)CC3. The fourth-order valence-corrected chi connectivity index (χ4v) is 11.0. The van der Waals surface area contributed by atoms with Crippen LogP contribution in [0, 0.1) is 12.7 Å². The summed E-state index contributed by atoms with van der Waals surface area (Å²) < 4.78 is 22.1. The smallest absolute Gasteiger partial charge is 0.343 e. The van der Waals surface area contributed by atoms with Crippen LogP contribution in [0.2, 0.25) is 0 Å². The number of aliphatic carboxylic acids is 1. The van der Waals surface area contributed by atoms with E-state index in [1.165, 1.54) is 27.7 Å². The van der Waals surface area contributed by atoms with Crippen molar-refractivity contribution in [2.75, 3.05) is 58.9 Å². The predicted molar refractivity (Wildman–Crippen MR) is 303 cm³/mol. The van der Waals surface area contributed by atoms with E-state index in [0.29, 0.717) is 76.6 Å². The first kappa shape index (κ1) is 62.8. The molecule has 86 heavy (non-hydrogen) atoms. The number of hydrogen-bond donors (Lipinski definition) is 9. The number of carboxylic acids is 1. The Labute approximate surface area is 492 Å². The Hall–Kier alpha value is -9.24. The van der Waals surface area contributed by atoms with Crippen LogP contribution in [0.4, 0.5) is 4.39 Å². The van der Waals surface area contributed by atoms with Crippen molar-refractivity contribution in [2.24, 2.45) is 0 Å². The molecule has 0 spiro atoms. The molecular formula is C59H68FN11O15. The number of cyclic esters (lactones) is 1. The summed E-state index contributed by atoms with van der Waals surface area (Å²) in [5.41, 5.74) is 1.95. The molecule has 0 saturated carbocycles. The number of imide groups is 1. The number of fused-ring (bicyclic) bond motifs is 5. The number of aromatic nitrogens is 2. The standard InChI is InChI=1S/C59H68FN11O15/c1-3-59(85)38-24-43-55-36(29-71(43)57(83)37(38)32-86-58(59)84)54-40(16-15-35-33(2)39(60)25-41(68-55)53(35)54)66-45(73)14-10-19-61-46(74)27-65-56(82)42(23-34-11-6-4-7-12-34)67-48(76)28-63-47(75)26-64-49(77)30-69(31-52(80)81)22-20-62-44(72)13-8-5-9-21-70-50(78)17-18-51(70)79/h4,6-7,11-12,17-18,24-25,40,42,85H,3,5,8-10,13-16,19-23,26-32H2,1-2H3,(H,61,74)(H,62,72)(H,63,75)(H,64,77)(H,65,82)(H,66,73)(H,67,76)(H,80,81)/t40-,42-,59-/m0/s1. The molecular weight excluding hydrogens is 1120 g/mol. The number of carbonyl (C=O) groups is 11. The van der Waals surface area contributed by atoms with Gasteiger partial charge in [-0.3, -0.25) is 62.5 Å². The molecule has 0 fully saturated rings. The highest BCUT2D eigenvalue weighted by atomic mass is 19.1. The highest BCUT2D eigenvalue weighted by Gasteiger charge is 2.46. The Morgan fingerprint density at radius 3 is 2.21 bits per heavy atom. The molecule has 4 aromatic rings. The fourth-order valence-electron chi connectivity index (χ4n) is 11.0. The minimum Gasteiger partial charge on any atom is -0.480 e. The third kappa shape index (κ3) is 15.0. The lowest BCUT2D eigenvalue weighted by atomic mass is 9.81. The summed E-state index contributed by atoms with van der Waals surface area (Å²) in [4.78, 5) is 160. The van der Waals surface area contributed by atoms with E-state index in [4.69, 9.17) is 9.72 Å². The van der Waals surface area contributed by atoms with Gasteiger partial charge in [0.1, 0.15) is 18.5 Å². The molecule has 0 bridgehead atoms. The van der Waals surface area contributed by atoms with Gasteiger partial charge < -0.3 is 56.7 Å². The number of ether oxygens (including phenoxy) is 1. The van der Waals surface area contributed by atoms with Crippen LogP contribution >= 0.6 is 0 Å². The van der Waals surface area contributed by atoms with Gasteiger partial charge in [-0.2, -0.15) is 0 Å². The van der Waals surface area contributed by atoms with Crippen LogP contribution < -0.4 is 42.8 Å². The number of aliphatic hydroxyl groups is 1. The van der Waals surface area contributed by atoms with Gasteiger partial charge in [-0.25, -0.2) is 14.2 Å². The fraction of sp³-hybridized carbons (Fsp3) is 0.441. The quantitative estimate of drug-likeness (QED) is 0.0167. The number of esters is 1. The highest BCUT2D eigenvalue weighted by Crippen LogP contribution is 2.46. The molecule has 456 valence electrons. The number of pyridine rings is 2. The Morgan fingerprint density at radius 1 is 0.791 bits per heavy atom. The molecule has 3 atom stereocenters. The minimum atomic E-state index is -2.05. The van der Waals surface area contributed by atoms with Crippen molar-refractivity contribution < 1.29 is 72.1 Å². The van der Waals surface area contributed by atoms with Crippen molar-refractivity contribution in [1.82, 2.24) is 56.6 Å². The third-order valence-corrected chi connectivity index (χ3v) is 15.5. The van der Waals surface area contributed by atoms with Gasteiger partial charge >= 0.3 is 11.9 Å². The second-order valence-electron chi connectivity index (χ2n) is 21.4. The molecule has 1 aliphatic carbocycles. The molecule has 8 rings (SSSR count). The number of unbranched alkanes of at least 4 members (excludes halogenated alkanes) is 2. The average molecular weight is 1190 g/mol. The van der Waals surface area contributed by atoms with E-state index in [0.717, 1.165) is 10.5 Å². The van der Waals surface area contributed by atoms with Gasteiger partial charge in [0.05, 0.1) is 67.8 Å². The maximum atomic E-state index is 15.4. The van der Waals surface area contributed by atoms with Crippen LogP contribution in [-0.4, -0.2) is 160 Å². The predicted octanol–water partition coefficient (Wildman–Crippen LogP) is -0.409. The van der Waals surface area contributed by atoms with Gasteiger partial charge in [0, 0.05) is 80.2 Å². The second-order valence-corrected chi connectivity index (χ2v) is 21.4. The second kappa shape index (κ2) is 28.1. The molecule has 5 heterocycles. The lowest BCUT2D eigenvalue weighted by molar-refractivity contribution is -0.172. The summed E-state index contributed by atoms with van der Waals surface area (Å²) in [6.07, 6.45) is 5.09. The Balaban J connectivity index is 0.768. The van der Waals surface area contributed by atoms with E-state index < -0.39 is 103 Å². The first-order valence-corrected chi connectivity index (χ1v) is 28.4. The molecule has 3 aliphatic heterocycles. The van der Waals surface area contributed by atoms with Crippen molar-refractivity contribution in [3.05, 3.63) is 110 Å². The number of hydrogen-bond acceptors (Lipinski definition) is 16. The van der Waals surface area contributed by atoms with Crippen molar-refractivity contribution in [2.45, 2.75) is 109 Å². The third-order valence-electron chi connectivity index (χ3n) is 15.5. The van der Waals surface area contributed by atoms with Crippen LogP contribution in [-0.2, 0) is 89.1 Å². The first-order chi connectivity index (χ1) is 41.1. The van der Waals surface area contributed by atoms with E-state index in [9.17, 15) is 67.7 Å². The number of rotatable bonds is 29. The molecule has 0 radical (unpaired) electrons. The number of aryl methyl sites for hydroxylation is 1. The zero-order valence-corrected chi connectivity index (χ0v) is 47.6. The van der Waals surface area contributed by atoms with Crippen molar-refractivity contribution in [3.8, 4) is 11.4 Å². The van der Waals surface area contributed by atoms with Crippen LogP contribution in [0.1, 0.15) is 103 Å². The van der Waals surface area contributed by atoms with Gasteiger partial charge in [-0.05, 0) is 73.8 Å². The number of benzene rings is 2. The largest absolute Gasteiger partial charge is 0.480 e. The maximum absolute atomic E-state index is 15.4. The van der Waals surface area contributed by atoms with E-state index >= 15 is 4.39 Å². The summed E-state index contributed by atoms with van der Waals surface area (Å²) in [6, 6.07) is 9.80. The Morgan fingerprint density at radius 2 is 1.48 bits per heavy atom. The van der Waals surface area contributed by atoms with Gasteiger partial charge in [0.2, 0.25) is 41.4 Å². The van der Waals surface area contributed by atoms with E-state index in [2.05, 4.69) is 37.2 Å². The van der Waals surface area contributed by atoms with Gasteiger partial charge in [0.25, 0.3) is 17.4 Å². The Bertz CT molecular complexity index is 3460. The summed E-state index contributed by atoms with van der Waals surface area (Å²) >= 11 is 0. The van der Waals surface area contributed by atoms with Crippen molar-refractivity contribution >= 4 is 76.0 Å². The molecule has 26 nitrogen and oxygen atoms in total. The number of nitrogens with zero attached hydrogens (tertiary/aromatic N) is 4. The van der Waals surface area contributed by atoms with Gasteiger partial charge in [0.15, 0.2) is 5.60 Å². The normalized spacial score (nSPS) is 16.6. The van der Waals surface area contributed by atoms with Crippen LogP contribution in [0.15, 0.2) is 59.4 Å². The molecule has 2 aromatic carbocycles. The molecule has 0 saturated heterocycles. The monoisotopic (exact) mass is 1190 g/mol.